The third kappa shape index (κ3) is 4.00. The van der Waals surface area contributed by atoms with Crippen LogP contribution in [0.25, 0.3) is 0 Å². The molecule has 3 unspecified atom stereocenters. The maximum atomic E-state index is 13.0. The van der Waals surface area contributed by atoms with E-state index in [-0.39, 0.29) is 12.8 Å². The van der Waals surface area contributed by atoms with Crippen molar-refractivity contribution in [2.45, 2.75) is 56.7 Å². The largest absolute Gasteiger partial charge is 0.248 e. The summed E-state index contributed by atoms with van der Waals surface area (Å²) in [5.74, 6) is -3.09. The van der Waals surface area contributed by atoms with Crippen molar-refractivity contribution in [1.29, 1.82) is 5.26 Å². The van der Waals surface area contributed by atoms with Crippen molar-refractivity contribution in [3.8, 4) is 6.07 Å². The van der Waals surface area contributed by atoms with Crippen LogP contribution < -0.4 is 4.72 Å². The van der Waals surface area contributed by atoms with Gasteiger partial charge in [-0.2, -0.15) is 5.26 Å². The molecule has 17 heavy (non-hydrogen) atoms. The first-order valence-electron chi connectivity index (χ1n) is 5.61. The van der Waals surface area contributed by atoms with Crippen molar-refractivity contribution in [2.75, 3.05) is 0 Å². The minimum Gasteiger partial charge on any atom is -0.242 e. The van der Waals surface area contributed by atoms with Gasteiger partial charge in [0, 0.05) is 12.8 Å². The third-order valence-corrected chi connectivity index (χ3v) is 4.42. The lowest BCUT2D eigenvalue weighted by Gasteiger charge is -2.23. The van der Waals surface area contributed by atoms with Crippen LogP contribution in [-0.4, -0.2) is 20.9 Å². The van der Waals surface area contributed by atoms with Crippen molar-refractivity contribution in [3.63, 3.8) is 0 Å². The predicted molar refractivity (Wildman–Crippen MR) is 62.7 cm³/mol. The van der Waals surface area contributed by atoms with E-state index in [0.29, 0.717) is 6.42 Å². The summed E-state index contributed by atoms with van der Waals surface area (Å²) in [7, 11) is -1.41. The highest BCUT2D eigenvalue weighted by atomic mass is 32.2. The molecule has 0 aromatic heterocycles. The minimum atomic E-state index is -2.68. The number of hydrogen-bond donors (Lipinski definition) is 1. The molecule has 1 rings (SSSR count). The van der Waals surface area contributed by atoms with Crippen LogP contribution >= 0.6 is 0 Å². The first kappa shape index (κ1) is 14.5. The van der Waals surface area contributed by atoms with E-state index in [1.54, 1.807) is 20.8 Å². The van der Waals surface area contributed by atoms with E-state index in [1.165, 1.54) is 0 Å². The molecule has 0 heterocycles. The SMILES string of the molecule is CC(C)(C)S(=O)NC(C#N)C1CCC(F)(F)C1. The zero-order valence-corrected chi connectivity index (χ0v) is 11.1. The van der Waals surface area contributed by atoms with Gasteiger partial charge in [0.05, 0.1) is 21.8 Å². The Bertz CT molecular complexity index is 346. The maximum absolute atomic E-state index is 13.0. The maximum Gasteiger partial charge on any atom is 0.248 e. The Kier molecular flexibility index (Phi) is 4.26. The number of rotatable bonds is 3. The molecule has 0 radical (unpaired) electrons. The summed E-state index contributed by atoms with van der Waals surface area (Å²) in [6, 6.07) is 1.19. The molecule has 98 valence electrons. The van der Waals surface area contributed by atoms with Crippen molar-refractivity contribution in [1.82, 2.24) is 4.72 Å². The van der Waals surface area contributed by atoms with Gasteiger partial charge in [-0.15, -0.1) is 0 Å². The molecule has 3 nitrogen and oxygen atoms in total. The fourth-order valence-corrected chi connectivity index (χ4v) is 2.62. The second-order valence-corrected chi connectivity index (χ2v) is 7.46. The van der Waals surface area contributed by atoms with Gasteiger partial charge < -0.3 is 0 Å². The monoisotopic (exact) mass is 264 g/mol. The van der Waals surface area contributed by atoms with Crippen molar-refractivity contribution >= 4 is 11.0 Å². The predicted octanol–water partition coefficient (Wildman–Crippen LogP) is 2.37. The normalized spacial score (nSPS) is 27.4. The molecule has 6 heteroatoms. The van der Waals surface area contributed by atoms with Crippen molar-refractivity contribution < 1.29 is 13.0 Å². The highest BCUT2D eigenvalue weighted by Crippen LogP contribution is 2.40. The van der Waals surface area contributed by atoms with Gasteiger partial charge in [0.25, 0.3) is 0 Å². The van der Waals surface area contributed by atoms with Crippen LogP contribution in [0.4, 0.5) is 8.78 Å². The van der Waals surface area contributed by atoms with Gasteiger partial charge in [0.15, 0.2) is 0 Å². The van der Waals surface area contributed by atoms with Crippen molar-refractivity contribution in [3.05, 3.63) is 0 Å². The Morgan fingerprint density at radius 2 is 2.12 bits per heavy atom. The zero-order valence-electron chi connectivity index (χ0n) is 10.3. The molecule has 0 bridgehead atoms. The number of nitrogens with zero attached hydrogens (tertiary/aromatic N) is 1. The molecule has 3 atom stereocenters. The molecule has 1 aliphatic rings. The van der Waals surface area contributed by atoms with Gasteiger partial charge >= 0.3 is 0 Å². The lowest BCUT2D eigenvalue weighted by molar-refractivity contribution is 0.00445. The summed E-state index contributed by atoms with van der Waals surface area (Å²) in [5.41, 5.74) is 0. The molecule has 1 saturated carbocycles. The average Bonchev–Trinajstić information content (AvgIpc) is 2.53. The molecule has 0 amide bonds. The highest BCUT2D eigenvalue weighted by Gasteiger charge is 2.43. The zero-order chi connectivity index (χ0) is 13.3. The Labute approximate surface area is 103 Å². The third-order valence-electron chi connectivity index (χ3n) is 2.84. The highest BCUT2D eigenvalue weighted by molar-refractivity contribution is 7.84. The summed E-state index contributed by atoms with van der Waals surface area (Å²) in [5, 5.41) is 8.98. The molecule has 0 aromatic rings. The van der Waals surface area contributed by atoms with E-state index in [1.807, 2.05) is 6.07 Å². The smallest absolute Gasteiger partial charge is 0.242 e. The number of nitriles is 1. The van der Waals surface area contributed by atoms with Crippen LogP contribution in [0.2, 0.25) is 0 Å². The van der Waals surface area contributed by atoms with Crippen molar-refractivity contribution in [2.24, 2.45) is 5.92 Å². The Morgan fingerprint density at radius 1 is 1.53 bits per heavy atom. The molecule has 0 spiro atoms. The first-order chi connectivity index (χ1) is 7.65. The Balaban J connectivity index is 2.63. The minimum absolute atomic E-state index is 0.181. The van der Waals surface area contributed by atoms with Crippen LogP contribution in [0, 0.1) is 17.2 Å². The Hall–Kier alpha value is -0.540. The van der Waals surface area contributed by atoms with Gasteiger partial charge in [-0.05, 0) is 33.1 Å². The van der Waals surface area contributed by atoms with E-state index in [0.717, 1.165) is 0 Å². The summed E-state index contributed by atoms with van der Waals surface area (Å²) in [6.07, 6.45) is -0.168. The quantitative estimate of drug-likeness (QED) is 0.850. The molecular weight excluding hydrogens is 246 g/mol. The summed E-state index contributed by atoms with van der Waals surface area (Å²) in [6.45, 7) is 5.31. The van der Waals surface area contributed by atoms with E-state index >= 15 is 0 Å². The first-order valence-corrected chi connectivity index (χ1v) is 6.76. The molecule has 1 fully saturated rings. The van der Waals surface area contributed by atoms with Gasteiger partial charge in [-0.3, -0.25) is 0 Å². The average molecular weight is 264 g/mol. The number of nitrogens with one attached hydrogen (secondary N) is 1. The molecular formula is C11H18F2N2OS. The standard InChI is InChI=1S/C11H18F2N2OS/c1-10(2,3)17(16)15-9(7-14)8-4-5-11(12,13)6-8/h8-9,15H,4-6H2,1-3H3. The van der Waals surface area contributed by atoms with Crippen LogP contribution in [0.15, 0.2) is 0 Å². The fraction of sp³-hybridized carbons (Fsp3) is 0.909. The Morgan fingerprint density at radius 3 is 2.47 bits per heavy atom. The van der Waals surface area contributed by atoms with E-state index in [9.17, 15) is 13.0 Å². The molecule has 1 N–H and O–H groups in total. The number of alkyl halides is 2. The summed E-state index contributed by atoms with van der Waals surface area (Å²) < 4.78 is 40.1. The van der Waals surface area contributed by atoms with Gasteiger partial charge in [-0.25, -0.2) is 17.7 Å². The van der Waals surface area contributed by atoms with Gasteiger partial charge in [0.2, 0.25) is 5.92 Å². The molecule has 0 aromatic carbocycles. The molecule has 1 aliphatic carbocycles. The fourth-order valence-electron chi connectivity index (χ4n) is 1.79. The number of hydrogen-bond acceptors (Lipinski definition) is 2. The summed E-state index contributed by atoms with van der Waals surface area (Å²) in [4.78, 5) is 0. The van der Waals surface area contributed by atoms with E-state index in [4.69, 9.17) is 5.26 Å². The van der Waals surface area contributed by atoms with Crippen LogP contribution in [0.5, 0.6) is 0 Å². The molecule has 0 aliphatic heterocycles. The van der Waals surface area contributed by atoms with Crippen LogP contribution in [-0.2, 0) is 11.0 Å². The lowest BCUT2D eigenvalue weighted by atomic mass is 10.0. The second-order valence-electron chi connectivity index (χ2n) is 5.46. The molecule has 0 saturated heterocycles. The van der Waals surface area contributed by atoms with E-state index < -0.39 is 33.6 Å². The van der Waals surface area contributed by atoms with Gasteiger partial charge in [0.1, 0.15) is 6.04 Å². The second kappa shape index (κ2) is 4.99. The van der Waals surface area contributed by atoms with Crippen LogP contribution in [0.3, 0.4) is 0 Å². The topological polar surface area (TPSA) is 52.9 Å². The van der Waals surface area contributed by atoms with Gasteiger partial charge in [-0.1, -0.05) is 0 Å². The van der Waals surface area contributed by atoms with Crippen LogP contribution in [0.1, 0.15) is 40.0 Å². The van der Waals surface area contributed by atoms with E-state index in [2.05, 4.69) is 4.72 Å². The summed E-state index contributed by atoms with van der Waals surface area (Å²) >= 11 is 0. The number of halogens is 2. The lowest BCUT2D eigenvalue weighted by Crippen LogP contribution is -2.42.